The molecular weight excluding hydrogens is 500 g/mol. The third-order valence-corrected chi connectivity index (χ3v) is 9.33. The third kappa shape index (κ3) is 5.18. The van der Waals surface area contributed by atoms with Gasteiger partial charge in [-0.25, -0.2) is 0 Å². The number of hydrogen-bond donors (Lipinski definition) is 1. The van der Waals surface area contributed by atoms with Crippen molar-refractivity contribution in [1.82, 2.24) is 9.88 Å². The van der Waals surface area contributed by atoms with E-state index < -0.39 is 42.4 Å². The number of benzene rings is 1. The second-order valence-electron chi connectivity index (χ2n) is 12.0. The van der Waals surface area contributed by atoms with Crippen LogP contribution in [-0.4, -0.2) is 53.4 Å². The zero-order valence-electron chi connectivity index (χ0n) is 23.6. The maximum atomic E-state index is 12.2. The molecule has 8 atom stereocenters. The topological polar surface area (TPSA) is 105 Å². The molecule has 1 aliphatic heterocycles. The molecule has 2 bridgehead atoms. The van der Waals surface area contributed by atoms with Crippen molar-refractivity contribution >= 4 is 28.8 Å². The van der Waals surface area contributed by atoms with Gasteiger partial charge in [-0.2, -0.15) is 0 Å². The van der Waals surface area contributed by atoms with Crippen LogP contribution in [0.4, 0.5) is 0 Å². The van der Waals surface area contributed by atoms with Crippen molar-refractivity contribution in [2.75, 3.05) is 6.61 Å². The maximum Gasteiger partial charge on any atom is 0.303 e. The van der Waals surface area contributed by atoms with Crippen LogP contribution in [0.2, 0.25) is 0 Å². The Labute approximate surface area is 229 Å². The molecule has 1 aromatic heterocycles. The minimum Gasteiger partial charge on any atom is -0.456 e. The quantitative estimate of drug-likeness (QED) is 0.413. The number of rotatable bonds is 7. The number of ether oxygens (including phenoxy) is 4. The first kappa shape index (κ1) is 27.6. The minimum atomic E-state index is -1.02. The molecule has 4 fully saturated rings. The molecule has 4 aliphatic rings. The number of hydrogen-bond acceptors (Lipinski definition) is 8. The van der Waals surface area contributed by atoms with Crippen LogP contribution in [0.5, 0.6) is 0 Å². The number of aromatic nitrogens is 1. The highest BCUT2D eigenvalue weighted by atomic mass is 16.6. The predicted octanol–water partition coefficient (Wildman–Crippen LogP) is 4.13. The Hall–Kier alpha value is -2.91. The summed E-state index contributed by atoms with van der Waals surface area (Å²) in [6.07, 6.45) is 0.812. The fraction of sp³-hybridized carbons (Fsp3) is 0.633. The summed E-state index contributed by atoms with van der Waals surface area (Å²) in [6.45, 7) is 11.7. The van der Waals surface area contributed by atoms with Crippen molar-refractivity contribution < 1.29 is 33.3 Å². The van der Waals surface area contributed by atoms with Crippen LogP contribution in [0, 0.1) is 23.2 Å². The number of carbonyl (C=O) groups excluding carboxylic acids is 3. The van der Waals surface area contributed by atoms with E-state index in [1.165, 1.54) is 33.6 Å². The number of nitrogens with zero attached hydrogens (tertiary/aromatic N) is 1. The molecular formula is C30H40N2O7. The predicted molar refractivity (Wildman–Crippen MR) is 143 cm³/mol. The SMILES string of the molecule is CC(=O)O[C@@H]1[C@@H](OC(C)=O)[C@@H](n2cc(CN[C@@H]3C[C@@H]4C[C@H]([C@H]3C)C4(C)C)c3ccccc32)OC[C@H]1OC(C)=O. The molecule has 0 amide bonds. The van der Waals surface area contributed by atoms with Gasteiger partial charge in [0, 0.05) is 44.9 Å². The molecule has 1 saturated heterocycles. The van der Waals surface area contributed by atoms with Gasteiger partial charge in [0.2, 0.25) is 0 Å². The number of esters is 3. The van der Waals surface area contributed by atoms with E-state index in [-0.39, 0.29) is 6.61 Å². The van der Waals surface area contributed by atoms with Crippen molar-refractivity contribution in [1.29, 1.82) is 0 Å². The van der Waals surface area contributed by atoms with Gasteiger partial charge in [-0.15, -0.1) is 0 Å². The number of fused-ring (bicyclic) bond motifs is 3. The Bertz CT molecular complexity index is 1250. The van der Waals surface area contributed by atoms with Crippen LogP contribution in [0.25, 0.3) is 10.9 Å². The first-order valence-electron chi connectivity index (χ1n) is 13.9. The highest BCUT2D eigenvalue weighted by Crippen LogP contribution is 2.61. The molecule has 2 heterocycles. The van der Waals surface area contributed by atoms with Crippen molar-refractivity contribution in [3.63, 3.8) is 0 Å². The van der Waals surface area contributed by atoms with Crippen molar-refractivity contribution in [2.45, 2.75) is 91.5 Å². The maximum absolute atomic E-state index is 12.2. The Morgan fingerprint density at radius 2 is 1.67 bits per heavy atom. The number of carbonyl (C=O) groups is 3. The van der Waals surface area contributed by atoms with Gasteiger partial charge >= 0.3 is 17.9 Å². The summed E-state index contributed by atoms with van der Waals surface area (Å²) in [6, 6.07) is 8.47. The largest absolute Gasteiger partial charge is 0.456 e. The third-order valence-electron chi connectivity index (χ3n) is 9.33. The molecule has 6 rings (SSSR count). The molecule has 3 aliphatic carbocycles. The number of para-hydroxylation sites is 1. The molecule has 212 valence electrons. The van der Waals surface area contributed by atoms with E-state index in [2.05, 4.69) is 32.2 Å². The van der Waals surface area contributed by atoms with Gasteiger partial charge in [0.15, 0.2) is 24.5 Å². The monoisotopic (exact) mass is 540 g/mol. The Balaban J connectivity index is 1.43. The van der Waals surface area contributed by atoms with Gasteiger partial charge in [-0.3, -0.25) is 14.4 Å². The first-order valence-corrected chi connectivity index (χ1v) is 13.9. The summed E-state index contributed by atoms with van der Waals surface area (Å²) >= 11 is 0. The van der Waals surface area contributed by atoms with Gasteiger partial charge < -0.3 is 28.8 Å². The van der Waals surface area contributed by atoms with Gasteiger partial charge in [-0.1, -0.05) is 39.0 Å². The fourth-order valence-electron chi connectivity index (χ4n) is 7.25. The second kappa shape index (κ2) is 10.6. The Morgan fingerprint density at radius 3 is 2.31 bits per heavy atom. The summed E-state index contributed by atoms with van der Waals surface area (Å²) in [5.41, 5.74) is 2.44. The average molecular weight is 541 g/mol. The van der Waals surface area contributed by atoms with Crippen LogP contribution in [-0.2, 0) is 39.9 Å². The van der Waals surface area contributed by atoms with Gasteiger partial charge in [0.25, 0.3) is 0 Å². The molecule has 1 N–H and O–H groups in total. The van der Waals surface area contributed by atoms with Gasteiger partial charge in [0.05, 0.1) is 12.1 Å². The highest BCUT2D eigenvalue weighted by molar-refractivity contribution is 5.84. The molecule has 39 heavy (non-hydrogen) atoms. The minimum absolute atomic E-state index is 0.0157. The van der Waals surface area contributed by atoms with Crippen molar-refractivity contribution in [3.05, 3.63) is 36.0 Å². The van der Waals surface area contributed by atoms with E-state index in [0.717, 1.165) is 28.3 Å². The lowest BCUT2D eigenvalue weighted by atomic mass is 9.45. The summed E-state index contributed by atoms with van der Waals surface area (Å²) in [4.78, 5) is 35.9. The van der Waals surface area contributed by atoms with Crippen LogP contribution in [0.3, 0.4) is 0 Å². The first-order chi connectivity index (χ1) is 18.5. The normalized spacial score (nSPS) is 33.2. The van der Waals surface area contributed by atoms with E-state index in [1.807, 2.05) is 29.0 Å². The summed E-state index contributed by atoms with van der Waals surface area (Å²) in [7, 11) is 0. The second-order valence-corrected chi connectivity index (χ2v) is 12.0. The fourth-order valence-corrected chi connectivity index (χ4v) is 7.25. The van der Waals surface area contributed by atoms with Gasteiger partial charge in [-0.05, 0) is 47.6 Å². The zero-order chi connectivity index (χ0) is 28.1. The molecule has 3 saturated carbocycles. The van der Waals surface area contributed by atoms with Crippen molar-refractivity contribution in [2.24, 2.45) is 23.2 Å². The molecule has 1 aromatic carbocycles. The summed E-state index contributed by atoms with van der Waals surface area (Å²) in [5, 5.41) is 4.90. The lowest BCUT2D eigenvalue weighted by Gasteiger charge is -2.62. The van der Waals surface area contributed by atoms with E-state index in [0.29, 0.717) is 23.9 Å². The Kier molecular flexibility index (Phi) is 7.50. The number of nitrogens with one attached hydrogen (secondary N) is 1. The summed E-state index contributed by atoms with van der Waals surface area (Å²) in [5.74, 6) is 0.453. The zero-order valence-corrected chi connectivity index (χ0v) is 23.6. The average Bonchev–Trinajstić information content (AvgIpc) is 3.22. The molecule has 9 heteroatoms. The molecule has 0 radical (unpaired) electrons. The lowest BCUT2D eigenvalue weighted by molar-refractivity contribution is -0.239. The molecule has 9 nitrogen and oxygen atoms in total. The summed E-state index contributed by atoms with van der Waals surface area (Å²) < 4.78 is 24.7. The van der Waals surface area contributed by atoms with E-state index in [1.54, 1.807) is 0 Å². The van der Waals surface area contributed by atoms with Crippen molar-refractivity contribution in [3.8, 4) is 0 Å². The smallest absolute Gasteiger partial charge is 0.303 e. The molecule has 2 aromatic rings. The van der Waals surface area contributed by atoms with Crippen LogP contribution in [0.15, 0.2) is 30.5 Å². The standard InChI is InChI=1S/C30H40N2O7/c1-16-23-11-21(30(23,5)6)12-24(16)31-13-20-14-32(25-10-8-7-9-22(20)25)29-28(39-19(4)35)27(38-18(3)34)26(15-36-29)37-17(2)33/h7-10,14,16,21,23-24,26-29,31H,11-13,15H2,1-6H3/t16-,21+,23-,24-,26-,27+,28-,29+/m1/s1. The van der Waals surface area contributed by atoms with Crippen LogP contribution < -0.4 is 5.32 Å². The lowest BCUT2D eigenvalue weighted by Crippen LogP contribution is -2.59. The van der Waals surface area contributed by atoms with Gasteiger partial charge in [0.1, 0.15) is 0 Å². The molecule has 0 unspecified atom stereocenters. The molecule has 0 spiro atoms. The highest BCUT2D eigenvalue weighted by Gasteiger charge is 2.56. The van der Waals surface area contributed by atoms with Crippen LogP contribution >= 0.6 is 0 Å². The van der Waals surface area contributed by atoms with E-state index >= 15 is 0 Å². The Morgan fingerprint density at radius 1 is 1.00 bits per heavy atom. The van der Waals surface area contributed by atoms with Crippen LogP contribution in [0.1, 0.15) is 66.2 Å². The van der Waals surface area contributed by atoms with E-state index in [4.69, 9.17) is 18.9 Å². The van der Waals surface area contributed by atoms with E-state index in [9.17, 15) is 14.4 Å².